The molecule has 0 aliphatic heterocycles. The van der Waals surface area contributed by atoms with Gasteiger partial charge in [-0.1, -0.05) is 0 Å². The summed E-state index contributed by atoms with van der Waals surface area (Å²) in [5.41, 5.74) is 0.553. The van der Waals surface area contributed by atoms with Crippen LogP contribution in [0.15, 0.2) is 17.7 Å². The van der Waals surface area contributed by atoms with Crippen LogP contribution < -0.4 is 0 Å². The highest BCUT2D eigenvalue weighted by Crippen LogP contribution is 2.09. The first-order valence-corrected chi connectivity index (χ1v) is 4.64. The van der Waals surface area contributed by atoms with Gasteiger partial charge in [-0.2, -0.15) is 13.4 Å². The lowest BCUT2D eigenvalue weighted by molar-refractivity contribution is 0.476. The van der Waals surface area contributed by atoms with Crippen molar-refractivity contribution in [1.29, 1.82) is 0 Å². The van der Waals surface area contributed by atoms with Gasteiger partial charge in [-0.05, 0) is 0 Å². The number of halogens is 1. The molecule has 9 heteroatoms. The Bertz CT molecular complexity index is 518. The zero-order valence-corrected chi connectivity index (χ0v) is 8.21. The van der Waals surface area contributed by atoms with Crippen LogP contribution in [0, 0.1) is 0 Å². The van der Waals surface area contributed by atoms with Gasteiger partial charge in [-0.3, -0.25) is 4.55 Å². The number of hydrogen-bond donors (Lipinski definition) is 2. The molecule has 2 heterocycles. The lowest BCUT2D eigenvalue weighted by Gasteiger charge is -1.85. The Balaban J connectivity index is 0.000000980. The second kappa shape index (κ2) is 3.48. The van der Waals surface area contributed by atoms with Crippen LogP contribution in [-0.2, 0) is 10.1 Å². The van der Waals surface area contributed by atoms with Crippen LogP contribution in [0.1, 0.15) is 0 Å². The van der Waals surface area contributed by atoms with Crippen LogP contribution >= 0.6 is 12.4 Å². The van der Waals surface area contributed by atoms with Crippen molar-refractivity contribution in [3.63, 3.8) is 0 Å². The zero-order valence-electron chi connectivity index (χ0n) is 6.58. The van der Waals surface area contributed by atoms with Crippen molar-refractivity contribution in [3.8, 4) is 0 Å². The monoisotopic (exact) mass is 236 g/mol. The third-order valence-corrected chi connectivity index (χ3v) is 2.07. The van der Waals surface area contributed by atoms with E-state index in [9.17, 15) is 8.42 Å². The number of nitrogens with zero attached hydrogens (tertiary/aromatic N) is 3. The van der Waals surface area contributed by atoms with Gasteiger partial charge in [0.1, 0.15) is 11.8 Å². The second-order valence-corrected chi connectivity index (χ2v) is 3.61. The van der Waals surface area contributed by atoms with Gasteiger partial charge in [0.25, 0.3) is 5.16 Å². The summed E-state index contributed by atoms with van der Waals surface area (Å²) >= 11 is 0. The number of rotatable bonds is 1. The molecule has 76 valence electrons. The van der Waals surface area contributed by atoms with E-state index >= 15 is 0 Å². The topological polar surface area (TPSA) is 109 Å². The van der Waals surface area contributed by atoms with E-state index in [2.05, 4.69) is 19.9 Å². The third kappa shape index (κ3) is 1.81. The van der Waals surface area contributed by atoms with E-state index < -0.39 is 15.3 Å². The number of imidazole rings is 1. The van der Waals surface area contributed by atoms with Crippen molar-refractivity contribution in [2.24, 2.45) is 0 Å². The predicted molar refractivity (Wildman–Crippen MR) is 48.7 cm³/mol. The first-order valence-electron chi connectivity index (χ1n) is 3.20. The molecule has 0 aliphatic rings. The molecule has 0 unspecified atom stereocenters. The highest BCUT2D eigenvalue weighted by Gasteiger charge is 2.15. The standard InChI is InChI=1S/C5H4N4O3S.ClH/c10-13(11,12)5-8-3-1-6-2-7-4(3)9-5;/h1-2H,(H,10,11,12)(H,6,7,8,9);1H. The Morgan fingerprint density at radius 1 is 1.43 bits per heavy atom. The summed E-state index contributed by atoms with van der Waals surface area (Å²) in [6.45, 7) is 0. The van der Waals surface area contributed by atoms with Gasteiger partial charge in [-0.25, -0.2) is 9.97 Å². The Hall–Kier alpha value is -1.25. The first-order chi connectivity index (χ1) is 6.07. The number of aromatic amines is 1. The molecule has 0 atom stereocenters. The Labute approximate surface area is 84.8 Å². The Kier molecular flexibility index (Phi) is 2.69. The molecule has 2 N–H and O–H groups in total. The molecule has 0 bridgehead atoms. The maximum Gasteiger partial charge on any atom is 0.328 e. The number of hydrogen-bond acceptors (Lipinski definition) is 5. The smallest absolute Gasteiger partial charge is 0.324 e. The van der Waals surface area contributed by atoms with E-state index in [1.165, 1.54) is 12.5 Å². The van der Waals surface area contributed by atoms with E-state index in [1.807, 2.05) is 0 Å². The highest BCUT2D eigenvalue weighted by molar-refractivity contribution is 7.85. The van der Waals surface area contributed by atoms with Gasteiger partial charge < -0.3 is 4.98 Å². The molecule has 0 saturated heterocycles. The van der Waals surface area contributed by atoms with E-state index in [0.29, 0.717) is 5.52 Å². The van der Waals surface area contributed by atoms with Crippen molar-refractivity contribution < 1.29 is 13.0 Å². The van der Waals surface area contributed by atoms with Crippen molar-refractivity contribution in [2.45, 2.75) is 5.16 Å². The molecule has 0 radical (unpaired) electrons. The number of H-pyrrole nitrogens is 1. The Morgan fingerprint density at radius 2 is 2.14 bits per heavy atom. The molecular formula is C5H5ClN4O3S. The summed E-state index contributed by atoms with van der Waals surface area (Å²) in [7, 11) is -4.30. The SMILES string of the molecule is Cl.O=S(=O)(O)c1nc2ncncc2[nH]1. The molecule has 7 nitrogen and oxygen atoms in total. The molecule has 0 fully saturated rings. The van der Waals surface area contributed by atoms with Gasteiger partial charge in [-0.15, -0.1) is 12.4 Å². The van der Waals surface area contributed by atoms with Crippen LogP contribution in [-0.4, -0.2) is 32.9 Å². The molecule has 0 aromatic carbocycles. The predicted octanol–water partition coefficient (Wildman–Crippen LogP) is 0.0214. The van der Waals surface area contributed by atoms with Crippen molar-refractivity contribution in [1.82, 2.24) is 19.9 Å². The average Bonchev–Trinajstić information content (AvgIpc) is 2.45. The van der Waals surface area contributed by atoms with Gasteiger partial charge >= 0.3 is 10.1 Å². The number of nitrogens with one attached hydrogen (secondary N) is 1. The second-order valence-electron chi connectivity index (χ2n) is 2.28. The van der Waals surface area contributed by atoms with Crippen LogP contribution in [0.2, 0.25) is 0 Å². The van der Waals surface area contributed by atoms with Crippen molar-refractivity contribution in [2.75, 3.05) is 0 Å². The normalized spacial score (nSPS) is 11.2. The first kappa shape index (κ1) is 10.8. The van der Waals surface area contributed by atoms with Crippen LogP contribution in [0.4, 0.5) is 0 Å². The maximum absolute atomic E-state index is 10.6. The molecule has 14 heavy (non-hydrogen) atoms. The molecule has 2 aromatic rings. The number of aromatic nitrogens is 4. The van der Waals surface area contributed by atoms with E-state index in [-0.39, 0.29) is 18.1 Å². The van der Waals surface area contributed by atoms with Gasteiger partial charge in [0.05, 0.1) is 6.20 Å². The fourth-order valence-corrected chi connectivity index (χ4v) is 1.30. The molecule has 2 aromatic heterocycles. The van der Waals surface area contributed by atoms with E-state index in [4.69, 9.17) is 4.55 Å². The molecule has 0 aliphatic carbocycles. The van der Waals surface area contributed by atoms with E-state index in [1.54, 1.807) is 0 Å². The molecule has 2 rings (SSSR count). The zero-order chi connectivity index (χ0) is 9.47. The fraction of sp³-hybridized carbons (Fsp3) is 0. The van der Waals surface area contributed by atoms with E-state index in [0.717, 1.165) is 0 Å². The minimum Gasteiger partial charge on any atom is -0.324 e. The number of fused-ring (bicyclic) bond motifs is 1. The maximum atomic E-state index is 10.6. The summed E-state index contributed by atoms with van der Waals surface area (Å²) < 4.78 is 29.9. The van der Waals surface area contributed by atoms with Gasteiger partial charge in [0, 0.05) is 0 Å². The summed E-state index contributed by atoms with van der Waals surface area (Å²) in [6.07, 6.45) is 2.60. The van der Waals surface area contributed by atoms with Crippen LogP contribution in [0.5, 0.6) is 0 Å². The molecule has 0 amide bonds. The minimum atomic E-state index is -4.30. The molecule has 0 spiro atoms. The van der Waals surface area contributed by atoms with Crippen LogP contribution in [0.3, 0.4) is 0 Å². The Morgan fingerprint density at radius 3 is 2.71 bits per heavy atom. The highest BCUT2D eigenvalue weighted by atomic mass is 35.5. The minimum absolute atomic E-state index is 0. The third-order valence-electron chi connectivity index (χ3n) is 1.38. The summed E-state index contributed by atoms with van der Waals surface area (Å²) in [5.74, 6) is 0. The lowest BCUT2D eigenvalue weighted by atomic mass is 10.6. The lowest BCUT2D eigenvalue weighted by Crippen LogP contribution is -1.99. The molecule has 0 saturated carbocycles. The molecular weight excluding hydrogens is 232 g/mol. The van der Waals surface area contributed by atoms with Crippen LogP contribution in [0.25, 0.3) is 11.2 Å². The fourth-order valence-electron chi connectivity index (χ4n) is 0.862. The van der Waals surface area contributed by atoms with Gasteiger partial charge in [0.15, 0.2) is 5.65 Å². The quantitative estimate of drug-likeness (QED) is 0.676. The van der Waals surface area contributed by atoms with Crippen molar-refractivity contribution in [3.05, 3.63) is 12.5 Å². The van der Waals surface area contributed by atoms with Gasteiger partial charge in [0.2, 0.25) is 0 Å². The average molecular weight is 237 g/mol. The summed E-state index contributed by atoms with van der Waals surface area (Å²) in [5, 5.41) is -0.525. The summed E-state index contributed by atoms with van der Waals surface area (Å²) in [6, 6.07) is 0. The summed E-state index contributed by atoms with van der Waals surface area (Å²) in [4.78, 5) is 13.2. The largest absolute Gasteiger partial charge is 0.328 e. The van der Waals surface area contributed by atoms with Crippen molar-refractivity contribution >= 4 is 33.7 Å².